The Balaban J connectivity index is 2.11. The molecule has 0 fully saturated rings. The number of benzene rings is 2. The SMILES string of the molecule is CCCCOc1c(OC)cc(/C=N\NC(=O)Cc2ccccc2)cc1[N+](=O)[O-]. The maximum Gasteiger partial charge on any atom is 0.315 e. The number of hydrogen-bond acceptors (Lipinski definition) is 6. The van der Waals surface area contributed by atoms with Crippen molar-refractivity contribution >= 4 is 17.8 Å². The zero-order valence-electron chi connectivity index (χ0n) is 15.9. The first-order valence-corrected chi connectivity index (χ1v) is 8.90. The van der Waals surface area contributed by atoms with Crippen molar-refractivity contribution in [1.29, 1.82) is 0 Å². The molecule has 0 heterocycles. The molecule has 0 bridgehead atoms. The van der Waals surface area contributed by atoms with Crippen LogP contribution in [0, 0.1) is 10.1 Å². The number of hydrogen-bond donors (Lipinski definition) is 1. The van der Waals surface area contributed by atoms with E-state index in [4.69, 9.17) is 9.47 Å². The van der Waals surface area contributed by atoms with E-state index in [0.717, 1.165) is 18.4 Å². The van der Waals surface area contributed by atoms with E-state index in [-0.39, 0.29) is 29.5 Å². The van der Waals surface area contributed by atoms with Gasteiger partial charge in [-0.25, -0.2) is 5.43 Å². The Bertz CT molecular complexity index is 837. The molecule has 1 N–H and O–H groups in total. The molecule has 8 heteroatoms. The Hall–Kier alpha value is -3.42. The normalized spacial score (nSPS) is 10.6. The molecule has 8 nitrogen and oxygen atoms in total. The number of rotatable bonds is 10. The molecular weight excluding hydrogens is 362 g/mol. The minimum atomic E-state index is -0.533. The summed E-state index contributed by atoms with van der Waals surface area (Å²) < 4.78 is 10.8. The molecule has 2 aromatic rings. The van der Waals surface area contributed by atoms with Crippen LogP contribution in [0.3, 0.4) is 0 Å². The highest BCUT2D eigenvalue weighted by Gasteiger charge is 2.22. The van der Waals surface area contributed by atoms with E-state index in [1.165, 1.54) is 19.4 Å². The highest BCUT2D eigenvalue weighted by molar-refractivity contribution is 5.85. The van der Waals surface area contributed by atoms with Crippen LogP contribution in [0.15, 0.2) is 47.6 Å². The lowest BCUT2D eigenvalue weighted by Gasteiger charge is -2.11. The summed E-state index contributed by atoms with van der Waals surface area (Å²) in [6, 6.07) is 12.2. The number of hydrazone groups is 1. The molecule has 0 saturated heterocycles. The van der Waals surface area contributed by atoms with Crippen molar-refractivity contribution in [1.82, 2.24) is 5.43 Å². The second kappa shape index (κ2) is 10.7. The van der Waals surface area contributed by atoms with Gasteiger partial charge in [0.1, 0.15) is 0 Å². The van der Waals surface area contributed by atoms with Crippen molar-refractivity contribution in [3.63, 3.8) is 0 Å². The summed E-state index contributed by atoms with van der Waals surface area (Å²) in [5.41, 5.74) is 3.47. The van der Waals surface area contributed by atoms with Gasteiger partial charge in [-0.05, 0) is 18.1 Å². The molecule has 0 aromatic heterocycles. The fourth-order valence-electron chi connectivity index (χ4n) is 2.43. The molecule has 148 valence electrons. The van der Waals surface area contributed by atoms with Crippen LogP contribution in [-0.4, -0.2) is 30.8 Å². The van der Waals surface area contributed by atoms with Crippen molar-refractivity contribution in [2.24, 2.45) is 5.10 Å². The minimum absolute atomic E-state index is 0.0891. The van der Waals surface area contributed by atoms with Gasteiger partial charge in [-0.2, -0.15) is 5.10 Å². The van der Waals surface area contributed by atoms with Crippen LogP contribution in [0.25, 0.3) is 0 Å². The molecule has 0 unspecified atom stereocenters. The van der Waals surface area contributed by atoms with E-state index < -0.39 is 4.92 Å². The van der Waals surface area contributed by atoms with Crippen molar-refractivity contribution in [3.8, 4) is 11.5 Å². The molecule has 0 radical (unpaired) electrons. The third-order valence-electron chi connectivity index (χ3n) is 3.83. The number of ether oxygens (including phenoxy) is 2. The van der Waals surface area contributed by atoms with E-state index in [2.05, 4.69) is 10.5 Å². The molecule has 2 aromatic carbocycles. The van der Waals surface area contributed by atoms with Crippen molar-refractivity contribution < 1.29 is 19.2 Å². The molecule has 0 saturated carbocycles. The van der Waals surface area contributed by atoms with Gasteiger partial charge in [0.15, 0.2) is 5.75 Å². The summed E-state index contributed by atoms with van der Waals surface area (Å²) in [5.74, 6) is 0.0389. The average Bonchev–Trinajstić information content (AvgIpc) is 2.69. The Morgan fingerprint density at radius 1 is 1.29 bits per heavy atom. The van der Waals surface area contributed by atoms with Crippen molar-refractivity contribution in [3.05, 3.63) is 63.7 Å². The van der Waals surface area contributed by atoms with Crippen LogP contribution in [0.1, 0.15) is 30.9 Å². The average molecular weight is 385 g/mol. The second-order valence-corrected chi connectivity index (χ2v) is 5.99. The number of nitro groups is 1. The Kier molecular flexibility index (Phi) is 7.95. The highest BCUT2D eigenvalue weighted by atomic mass is 16.6. The molecule has 28 heavy (non-hydrogen) atoms. The number of nitrogens with zero attached hydrogens (tertiary/aromatic N) is 2. The van der Waals surface area contributed by atoms with E-state index in [1.54, 1.807) is 6.07 Å². The lowest BCUT2D eigenvalue weighted by Crippen LogP contribution is -2.19. The Labute approximate surface area is 163 Å². The molecule has 0 aliphatic carbocycles. The maximum absolute atomic E-state index is 11.9. The van der Waals surface area contributed by atoms with Crippen LogP contribution in [0.5, 0.6) is 11.5 Å². The monoisotopic (exact) mass is 385 g/mol. The molecule has 0 aliphatic heterocycles. The van der Waals surface area contributed by atoms with Gasteiger partial charge in [-0.1, -0.05) is 43.7 Å². The zero-order chi connectivity index (χ0) is 20.4. The predicted octanol–water partition coefficient (Wildman–Crippen LogP) is 3.48. The maximum atomic E-state index is 11.9. The molecule has 1 amide bonds. The van der Waals surface area contributed by atoms with Crippen molar-refractivity contribution in [2.45, 2.75) is 26.2 Å². The van der Waals surface area contributed by atoms with Crippen LogP contribution < -0.4 is 14.9 Å². The number of carbonyl (C=O) groups excluding carboxylic acids is 1. The number of nitrogens with one attached hydrogen (secondary N) is 1. The molecule has 2 rings (SSSR count). The molecule has 0 spiro atoms. The van der Waals surface area contributed by atoms with Crippen molar-refractivity contribution in [2.75, 3.05) is 13.7 Å². The third kappa shape index (κ3) is 6.08. The Morgan fingerprint density at radius 2 is 2.04 bits per heavy atom. The number of amides is 1. The lowest BCUT2D eigenvalue weighted by molar-refractivity contribution is -0.386. The number of methoxy groups -OCH3 is 1. The van der Waals surface area contributed by atoms with E-state index in [9.17, 15) is 14.9 Å². The fourth-order valence-corrected chi connectivity index (χ4v) is 2.43. The minimum Gasteiger partial charge on any atom is -0.493 e. The number of carbonyl (C=O) groups is 1. The van der Waals surface area contributed by atoms with Crippen LogP contribution in [-0.2, 0) is 11.2 Å². The fraction of sp³-hybridized carbons (Fsp3) is 0.300. The van der Waals surface area contributed by atoms with Gasteiger partial charge in [0, 0.05) is 11.6 Å². The topological polar surface area (TPSA) is 103 Å². The smallest absolute Gasteiger partial charge is 0.315 e. The standard InChI is InChI=1S/C20H23N3O5/c1-3-4-10-28-20-17(23(25)26)11-16(12-18(20)27-2)14-21-22-19(24)13-15-8-6-5-7-9-15/h5-9,11-12,14H,3-4,10,13H2,1-2H3,(H,22,24)/b21-14-. The summed E-state index contributed by atoms with van der Waals surface area (Å²) in [4.78, 5) is 22.8. The van der Waals surface area contributed by atoms with E-state index >= 15 is 0 Å². The number of unbranched alkanes of at least 4 members (excludes halogenated alkanes) is 1. The van der Waals surface area contributed by atoms with Gasteiger partial charge in [-0.15, -0.1) is 0 Å². The summed E-state index contributed by atoms with van der Waals surface area (Å²) in [5, 5.41) is 15.3. The number of nitro benzene ring substituents is 1. The third-order valence-corrected chi connectivity index (χ3v) is 3.83. The van der Waals surface area contributed by atoms with Gasteiger partial charge in [0.05, 0.1) is 31.3 Å². The second-order valence-electron chi connectivity index (χ2n) is 5.99. The molecular formula is C20H23N3O5. The molecule has 0 atom stereocenters. The highest BCUT2D eigenvalue weighted by Crippen LogP contribution is 2.38. The first-order chi connectivity index (χ1) is 13.5. The quantitative estimate of drug-likeness (QED) is 0.292. The summed E-state index contributed by atoms with van der Waals surface area (Å²) in [6.07, 6.45) is 3.20. The van der Waals surface area contributed by atoms with E-state index in [1.807, 2.05) is 37.3 Å². The summed E-state index contributed by atoms with van der Waals surface area (Å²) >= 11 is 0. The lowest BCUT2D eigenvalue weighted by atomic mass is 10.1. The van der Waals surface area contributed by atoms with Crippen LogP contribution >= 0.6 is 0 Å². The largest absolute Gasteiger partial charge is 0.493 e. The van der Waals surface area contributed by atoms with Crippen LogP contribution in [0.4, 0.5) is 5.69 Å². The first-order valence-electron chi connectivity index (χ1n) is 8.90. The predicted molar refractivity (Wildman–Crippen MR) is 106 cm³/mol. The van der Waals surface area contributed by atoms with Gasteiger partial charge < -0.3 is 9.47 Å². The first kappa shape index (κ1) is 20.9. The van der Waals surface area contributed by atoms with Gasteiger partial charge in [-0.3, -0.25) is 14.9 Å². The van der Waals surface area contributed by atoms with Gasteiger partial charge in [0.25, 0.3) is 0 Å². The zero-order valence-corrected chi connectivity index (χ0v) is 15.9. The molecule has 0 aliphatic rings. The van der Waals surface area contributed by atoms with Crippen LogP contribution in [0.2, 0.25) is 0 Å². The van der Waals surface area contributed by atoms with Gasteiger partial charge >= 0.3 is 5.69 Å². The van der Waals surface area contributed by atoms with E-state index in [0.29, 0.717) is 12.2 Å². The Morgan fingerprint density at radius 3 is 2.68 bits per heavy atom. The summed E-state index contributed by atoms with van der Waals surface area (Å²) in [6.45, 7) is 2.36. The van der Waals surface area contributed by atoms with Gasteiger partial charge in [0.2, 0.25) is 11.7 Å². The summed E-state index contributed by atoms with van der Waals surface area (Å²) in [7, 11) is 1.41.